The van der Waals surface area contributed by atoms with Gasteiger partial charge in [0.15, 0.2) is 0 Å². The molecule has 170 valence electrons. The minimum atomic E-state index is -0.550. The van der Waals surface area contributed by atoms with Gasteiger partial charge < -0.3 is 26.0 Å². The molecule has 4 N–H and O–H groups in total. The zero-order valence-corrected chi connectivity index (χ0v) is 18.5. The average Bonchev–Trinajstić information content (AvgIpc) is 2.83. The van der Waals surface area contributed by atoms with Gasteiger partial charge in [0.1, 0.15) is 5.82 Å². The summed E-state index contributed by atoms with van der Waals surface area (Å²) in [5, 5.41) is 6.51. The van der Waals surface area contributed by atoms with Gasteiger partial charge in [0.25, 0.3) is 11.8 Å². The zero-order chi connectivity index (χ0) is 23.2. The van der Waals surface area contributed by atoms with E-state index in [1.54, 1.807) is 6.07 Å². The maximum atomic E-state index is 12.8. The molecular formula is C25H27N5O3. The first kappa shape index (κ1) is 22.3. The van der Waals surface area contributed by atoms with Gasteiger partial charge in [0.05, 0.1) is 24.5 Å². The number of hydrogen-bond donors (Lipinski definition) is 3. The summed E-state index contributed by atoms with van der Waals surface area (Å²) in [5.41, 5.74) is 9.85. The molecule has 3 aromatic rings. The van der Waals surface area contributed by atoms with E-state index in [-0.39, 0.29) is 5.91 Å². The van der Waals surface area contributed by atoms with E-state index in [1.165, 1.54) is 6.20 Å². The van der Waals surface area contributed by atoms with Gasteiger partial charge >= 0.3 is 0 Å². The highest BCUT2D eigenvalue weighted by atomic mass is 16.5. The first-order valence-corrected chi connectivity index (χ1v) is 10.8. The molecule has 1 fully saturated rings. The van der Waals surface area contributed by atoms with E-state index >= 15 is 0 Å². The van der Waals surface area contributed by atoms with E-state index in [2.05, 4.69) is 15.6 Å². The molecule has 2 heterocycles. The maximum Gasteiger partial charge on any atom is 0.254 e. The Hall–Kier alpha value is -3.91. The SMILES string of the molecule is Cc1cc(Nc2cc(NCc3ccccc3)c(C(N)=O)cn2)ccc1C(=O)N1CCOCC1. The molecule has 0 saturated carbocycles. The summed E-state index contributed by atoms with van der Waals surface area (Å²) in [7, 11) is 0. The Labute approximate surface area is 192 Å². The van der Waals surface area contributed by atoms with Crippen molar-refractivity contribution in [3.8, 4) is 0 Å². The molecule has 1 aromatic heterocycles. The lowest BCUT2D eigenvalue weighted by molar-refractivity contribution is 0.0302. The highest BCUT2D eigenvalue weighted by molar-refractivity contribution is 5.99. The van der Waals surface area contributed by atoms with E-state index in [0.717, 1.165) is 16.8 Å². The van der Waals surface area contributed by atoms with Crippen molar-refractivity contribution < 1.29 is 14.3 Å². The quantitative estimate of drug-likeness (QED) is 0.515. The predicted octanol–water partition coefficient (Wildman–Crippen LogP) is 3.32. The lowest BCUT2D eigenvalue weighted by Crippen LogP contribution is -2.40. The van der Waals surface area contributed by atoms with Crippen molar-refractivity contribution in [1.82, 2.24) is 9.88 Å². The van der Waals surface area contributed by atoms with E-state index in [4.69, 9.17) is 10.5 Å². The highest BCUT2D eigenvalue weighted by Gasteiger charge is 2.20. The fraction of sp³-hybridized carbons (Fsp3) is 0.240. The summed E-state index contributed by atoms with van der Waals surface area (Å²) in [6.07, 6.45) is 1.46. The van der Waals surface area contributed by atoms with Gasteiger partial charge in [-0.1, -0.05) is 30.3 Å². The smallest absolute Gasteiger partial charge is 0.254 e. The van der Waals surface area contributed by atoms with Gasteiger partial charge in [-0.3, -0.25) is 9.59 Å². The Balaban J connectivity index is 1.50. The first-order valence-electron chi connectivity index (χ1n) is 10.8. The van der Waals surface area contributed by atoms with Crippen LogP contribution in [0.25, 0.3) is 0 Å². The topological polar surface area (TPSA) is 110 Å². The number of pyridine rings is 1. The van der Waals surface area contributed by atoms with Gasteiger partial charge in [0.2, 0.25) is 0 Å². The number of carbonyl (C=O) groups is 2. The molecule has 0 radical (unpaired) electrons. The second kappa shape index (κ2) is 10.1. The number of benzene rings is 2. The molecular weight excluding hydrogens is 418 g/mol. The molecule has 0 unspecified atom stereocenters. The Bertz CT molecular complexity index is 1140. The van der Waals surface area contributed by atoms with Gasteiger partial charge in [-0.15, -0.1) is 0 Å². The Kier molecular flexibility index (Phi) is 6.85. The number of nitrogens with two attached hydrogens (primary N) is 1. The lowest BCUT2D eigenvalue weighted by Gasteiger charge is -2.27. The third-order valence-corrected chi connectivity index (χ3v) is 5.52. The largest absolute Gasteiger partial charge is 0.380 e. The van der Waals surface area contributed by atoms with Crippen LogP contribution in [0.15, 0.2) is 60.8 Å². The van der Waals surface area contributed by atoms with Crippen molar-refractivity contribution in [2.24, 2.45) is 5.73 Å². The third kappa shape index (κ3) is 5.48. The number of nitrogens with zero attached hydrogens (tertiary/aromatic N) is 2. The summed E-state index contributed by atoms with van der Waals surface area (Å²) < 4.78 is 5.33. The van der Waals surface area contributed by atoms with Crippen LogP contribution in [0.4, 0.5) is 17.2 Å². The number of amides is 2. The molecule has 0 atom stereocenters. The fourth-order valence-electron chi connectivity index (χ4n) is 3.73. The monoisotopic (exact) mass is 445 g/mol. The van der Waals surface area contributed by atoms with Gasteiger partial charge in [0, 0.05) is 43.1 Å². The molecule has 1 aliphatic rings. The van der Waals surface area contributed by atoms with Crippen molar-refractivity contribution in [2.75, 3.05) is 36.9 Å². The van der Waals surface area contributed by atoms with Gasteiger partial charge in [-0.2, -0.15) is 0 Å². The predicted molar refractivity (Wildman–Crippen MR) is 128 cm³/mol. The van der Waals surface area contributed by atoms with Crippen molar-refractivity contribution >= 4 is 29.0 Å². The number of carbonyl (C=O) groups excluding carboxylic acids is 2. The summed E-state index contributed by atoms with van der Waals surface area (Å²) in [6, 6.07) is 17.2. The normalized spacial score (nSPS) is 13.4. The number of rotatable bonds is 7. The minimum absolute atomic E-state index is 0.0127. The molecule has 8 heteroatoms. The zero-order valence-electron chi connectivity index (χ0n) is 18.5. The van der Waals surface area contributed by atoms with Crippen LogP contribution in [0.2, 0.25) is 0 Å². The maximum absolute atomic E-state index is 12.8. The molecule has 1 aliphatic heterocycles. The number of aromatic nitrogens is 1. The first-order chi connectivity index (χ1) is 16.0. The number of primary amides is 1. The standard InChI is InChI=1S/C25H27N5O3/c1-17-13-19(7-8-20(17)25(32)30-9-11-33-12-10-30)29-23-14-22(21(16-28-23)24(26)31)27-15-18-5-3-2-4-6-18/h2-8,13-14,16H,9-12,15H2,1H3,(H2,26,31)(H2,27,28,29). The Morgan fingerprint density at radius 1 is 1.06 bits per heavy atom. The van der Waals surface area contributed by atoms with Crippen LogP contribution >= 0.6 is 0 Å². The average molecular weight is 446 g/mol. The van der Waals surface area contributed by atoms with Gasteiger partial charge in [-0.05, 0) is 36.2 Å². The molecule has 0 bridgehead atoms. The second-order valence-corrected chi connectivity index (χ2v) is 7.88. The van der Waals surface area contributed by atoms with Crippen LogP contribution in [0, 0.1) is 6.92 Å². The Morgan fingerprint density at radius 3 is 2.52 bits per heavy atom. The number of hydrogen-bond acceptors (Lipinski definition) is 6. The van der Waals surface area contributed by atoms with Crippen LogP contribution in [0.5, 0.6) is 0 Å². The lowest BCUT2D eigenvalue weighted by atomic mass is 10.1. The van der Waals surface area contributed by atoms with Crippen LogP contribution < -0.4 is 16.4 Å². The molecule has 8 nitrogen and oxygen atoms in total. The van der Waals surface area contributed by atoms with E-state index in [0.29, 0.717) is 55.5 Å². The van der Waals surface area contributed by atoms with Crippen molar-refractivity contribution in [1.29, 1.82) is 0 Å². The molecule has 4 rings (SSSR count). The van der Waals surface area contributed by atoms with E-state index < -0.39 is 5.91 Å². The van der Waals surface area contributed by atoms with Crippen LogP contribution in [-0.2, 0) is 11.3 Å². The minimum Gasteiger partial charge on any atom is -0.380 e. The number of ether oxygens (including phenoxy) is 1. The second-order valence-electron chi connectivity index (χ2n) is 7.88. The molecule has 0 aliphatic carbocycles. The van der Waals surface area contributed by atoms with Crippen molar-refractivity contribution in [2.45, 2.75) is 13.5 Å². The summed E-state index contributed by atoms with van der Waals surface area (Å²) in [6.45, 7) is 4.80. The molecule has 1 saturated heterocycles. The number of aryl methyl sites for hydroxylation is 1. The van der Waals surface area contributed by atoms with Gasteiger partial charge in [-0.25, -0.2) is 4.98 Å². The highest BCUT2D eigenvalue weighted by Crippen LogP contribution is 2.24. The summed E-state index contributed by atoms with van der Waals surface area (Å²) in [4.78, 5) is 30.8. The van der Waals surface area contributed by atoms with E-state index in [1.807, 2.05) is 60.4 Å². The van der Waals surface area contributed by atoms with Crippen LogP contribution in [0.3, 0.4) is 0 Å². The van der Waals surface area contributed by atoms with E-state index in [9.17, 15) is 9.59 Å². The van der Waals surface area contributed by atoms with Crippen LogP contribution in [-0.4, -0.2) is 48.0 Å². The number of anilines is 3. The summed E-state index contributed by atoms with van der Waals surface area (Å²) in [5.74, 6) is 0.0207. The van der Waals surface area contributed by atoms with Crippen LogP contribution in [0.1, 0.15) is 31.8 Å². The molecule has 33 heavy (non-hydrogen) atoms. The molecule has 0 spiro atoms. The Morgan fingerprint density at radius 2 is 1.82 bits per heavy atom. The summed E-state index contributed by atoms with van der Waals surface area (Å²) >= 11 is 0. The fourth-order valence-corrected chi connectivity index (χ4v) is 3.73. The van der Waals surface area contributed by atoms with Crippen molar-refractivity contribution in [3.05, 3.63) is 83.0 Å². The molecule has 2 aromatic carbocycles. The third-order valence-electron chi connectivity index (χ3n) is 5.52. The molecule has 2 amide bonds. The van der Waals surface area contributed by atoms with Crippen molar-refractivity contribution in [3.63, 3.8) is 0 Å². The number of morpholine rings is 1. The number of nitrogens with one attached hydrogen (secondary N) is 2.